The third-order valence-electron chi connectivity index (χ3n) is 4.76. The van der Waals surface area contributed by atoms with Crippen LogP contribution in [0, 0.1) is 10.1 Å². The number of halogens is 2. The molecular weight excluding hydrogens is 530 g/mol. The van der Waals surface area contributed by atoms with Gasteiger partial charge in [0.05, 0.1) is 16.2 Å². The summed E-state index contributed by atoms with van der Waals surface area (Å²) in [5.74, 6) is -1.79. The van der Waals surface area contributed by atoms with Crippen LogP contribution in [-0.4, -0.2) is 22.7 Å². The molecule has 34 heavy (non-hydrogen) atoms. The Morgan fingerprint density at radius 3 is 2.15 bits per heavy atom. The highest BCUT2D eigenvalue weighted by Crippen LogP contribution is 2.31. The van der Waals surface area contributed by atoms with Gasteiger partial charge in [-0.15, -0.1) is 0 Å². The molecule has 2 amide bonds. The number of nitro benzene ring substituents is 1. The van der Waals surface area contributed by atoms with Crippen molar-refractivity contribution < 1.29 is 24.0 Å². The van der Waals surface area contributed by atoms with Gasteiger partial charge in [0.25, 0.3) is 17.5 Å². The van der Waals surface area contributed by atoms with Crippen molar-refractivity contribution >= 4 is 62.4 Å². The van der Waals surface area contributed by atoms with Crippen molar-refractivity contribution in [2.45, 2.75) is 0 Å². The minimum absolute atomic E-state index is 0.0872. The number of amides is 2. The first kappa shape index (κ1) is 23.1. The van der Waals surface area contributed by atoms with Gasteiger partial charge in [-0.3, -0.25) is 19.7 Å². The van der Waals surface area contributed by atoms with Crippen LogP contribution in [-0.2, 0) is 9.59 Å². The van der Waals surface area contributed by atoms with Crippen molar-refractivity contribution in [3.05, 3.63) is 104 Å². The van der Waals surface area contributed by atoms with Crippen LogP contribution in [0.3, 0.4) is 0 Å². The maximum absolute atomic E-state index is 12.8. The van der Waals surface area contributed by atoms with Crippen molar-refractivity contribution in [2.24, 2.45) is 0 Å². The Hall–Kier alpha value is -4.02. The van der Waals surface area contributed by atoms with Crippen LogP contribution in [0.5, 0.6) is 5.75 Å². The molecule has 3 aromatic rings. The van der Waals surface area contributed by atoms with Gasteiger partial charge < -0.3 is 10.1 Å². The van der Waals surface area contributed by atoms with Gasteiger partial charge in [0.2, 0.25) is 0 Å². The van der Waals surface area contributed by atoms with E-state index in [1.54, 1.807) is 24.3 Å². The molecule has 0 unspecified atom stereocenters. The molecule has 3 aromatic carbocycles. The molecule has 170 valence electrons. The van der Waals surface area contributed by atoms with Crippen LogP contribution in [0.2, 0.25) is 0 Å². The Balaban J connectivity index is 1.45. The second kappa shape index (κ2) is 9.46. The van der Waals surface area contributed by atoms with Gasteiger partial charge in [-0.1, -0.05) is 27.5 Å². The lowest BCUT2D eigenvalue weighted by Gasteiger charge is -2.15. The van der Waals surface area contributed by atoms with E-state index in [0.29, 0.717) is 11.4 Å². The van der Waals surface area contributed by atoms with E-state index >= 15 is 0 Å². The molecule has 1 aliphatic rings. The number of rotatable bonds is 6. The summed E-state index contributed by atoms with van der Waals surface area (Å²) in [5.41, 5.74) is 0.781. The topological polar surface area (TPSA) is 119 Å². The van der Waals surface area contributed by atoms with Gasteiger partial charge in [-0.25, -0.2) is 9.69 Å². The molecule has 0 radical (unpaired) electrons. The molecule has 1 aliphatic heterocycles. The van der Waals surface area contributed by atoms with Crippen molar-refractivity contribution in [2.75, 3.05) is 10.2 Å². The second-order valence-electron chi connectivity index (χ2n) is 6.95. The summed E-state index contributed by atoms with van der Waals surface area (Å²) in [6.07, 6.45) is 0. The molecule has 1 N–H and O–H groups in total. The number of nitro groups is 1. The summed E-state index contributed by atoms with van der Waals surface area (Å²) in [6, 6.07) is 17.7. The summed E-state index contributed by atoms with van der Waals surface area (Å²) in [7, 11) is 0. The lowest BCUT2D eigenvalue weighted by atomic mass is 10.2. The van der Waals surface area contributed by atoms with Gasteiger partial charge in [0, 0.05) is 22.3 Å². The number of esters is 1. The quantitative estimate of drug-likeness (QED) is 0.153. The van der Waals surface area contributed by atoms with E-state index in [1.807, 2.05) is 0 Å². The molecule has 0 bridgehead atoms. The number of anilines is 2. The van der Waals surface area contributed by atoms with Gasteiger partial charge in [0.15, 0.2) is 0 Å². The standard InChI is InChI=1S/C23H13BrClN3O6/c24-14-3-7-16(8-4-14)27-21(29)19(25)20(22(27)30)26-15-5-1-13(2-6-15)23(31)34-18-11-9-17(10-12-18)28(32)33/h1-12,26H. The van der Waals surface area contributed by atoms with Crippen molar-refractivity contribution in [3.63, 3.8) is 0 Å². The van der Waals surface area contributed by atoms with Gasteiger partial charge in [0.1, 0.15) is 16.5 Å². The predicted molar refractivity (Wildman–Crippen MR) is 128 cm³/mol. The van der Waals surface area contributed by atoms with E-state index in [9.17, 15) is 24.5 Å². The predicted octanol–water partition coefficient (Wildman–Crippen LogP) is 5.01. The highest BCUT2D eigenvalue weighted by atomic mass is 79.9. The first-order valence-electron chi connectivity index (χ1n) is 9.62. The molecule has 9 nitrogen and oxygen atoms in total. The number of nitrogens with one attached hydrogen (secondary N) is 1. The normalized spacial score (nSPS) is 13.3. The average molecular weight is 543 g/mol. The third-order valence-corrected chi connectivity index (χ3v) is 5.64. The number of non-ortho nitro benzene ring substituents is 1. The Morgan fingerprint density at radius 1 is 0.941 bits per heavy atom. The number of hydrogen-bond donors (Lipinski definition) is 1. The van der Waals surface area contributed by atoms with Crippen molar-refractivity contribution in [1.82, 2.24) is 0 Å². The molecule has 1 heterocycles. The Kier molecular flexibility index (Phi) is 6.44. The maximum Gasteiger partial charge on any atom is 0.343 e. The monoisotopic (exact) mass is 541 g/mol. The number of benzene rings is 3. The molecule has 0 fully saturated rings. The lowest BCUT2D eigenvalue weighted by molar-refractivity contribution is -0.384. The lowest BCUT2D eigenvalue weighted by Crippen LogP contribution is -2.32. The Bertz CT molecular complexity index is 1340. The van der Waals surface area contributed by atoms with Crippen LogP contribution in [0.25, 0.3) is 0 Å². The van der Waals surface area contributed by atoms with Crippen molar-refractivity contribution in [1.29, 1.82) is 0 Å². The number of carbonyl (C=O) groups is 3. The largest absolute Gasteiger partial charge is 0.423 e. The van der Waals surface area contributed by atoms with E-state index in [4.69, 9.17) is 16.3 Å². The van der Waals surface area contributed by atoms with Crippen molar-refractivity contribution in [3.8, 4) is 5.75 Å². The average Bonchev–Trinajstić information content (AvgIpc) is 3.03. The van der Waals surface area contributed by atoms with Gasteiger partial charge >= 0.3 is 5.97 Å². The van der Waals surface area contributed by atoms with Crippen LogP contribution >= 0.6 is 27.5 Å². The SMILES string of the molecule is O=C(Oc1ccc([N+](=O)[O-])cc1)c1ccc(NC2=C(Cl)C(=O)N(c3ccc(Br)cc3)C2=O)cc1. The summed E-state index contributed by atoms with van der Waals surface area (Å²) in [5, 5.41) is 13.3. The Morgan fingerprint density at radius 2 is 1.56 bits per heavy atom. The van der Waals surface area contributed by atoms with Crippen LogP contribution in [0.15, 0.2) is 88.0 Å². The molecule has 0 aliphatic carbocycles. The van der Waals surface area contributed by atoms with Crippen LogP contribution in [0.4, 0.5) is 17.1 Å². The molecule has 11 heteroatoms. The van der Waals surface area contributed by atoms with Gasteiger partial charge in [-0.2, -0.15) is 0 Å². The number of ether oxygens (including phenoxy) is 1. The summed E-state index contributed by atoms with van der Waals surface area (Å²) in [4.78, 5) is 48.8. The van der Waals surface area contributed by atoms with E-state index in [0.717, 1.165) is 9.37 Å². The molecule has 0 saturated carbocycles. The molecule has 0 spiro atoms. The smallest absolute Gasteiger partial charge is 0.343 e. The summed E-state index contributed by atoms with van der Waals surface area (Å²) in [6.45, 7) is 0. The van der Waals surface area contributed by atoms with Crippen LogP contribution < -0.4 is 15.0 Å². The van der Waals surface area contributed by atoms with E-state index < -0.39 is 22.7 Å². The first-order valence-corrected chi connectivity index (χ1v) is 10.8. The van der Waals surface area contributed by atoms with E-state index in [2.05, 4.69) is 21.2 Å². The number of nitrogens with zero attached hydrogens (tertiary/aromatic N) is 2. The highest BCUT2D eigenvalue weighted by molar-refractivity contribution is 9.10. The molecule has 4 rings (SSSR count). The Labute approximate surface area is 205 Å². The first-order chi connectivity index (χ1) is 16.2. The number of imide groups is 1. The summed E-state index contributed by atoms with van der Waals surface area (Å²) < 4.78 is 6.00. The minimum atomic E-state index is -0.675. The van der Waals surface area contributed by atoms with Gasteiger partial charge in [-0.05, 0) is 60.7 Å². The molecular formula is C23H13BrClN3O6. The molecule has 0 saturated heterocycles. The number of carbonyl (C=O) groups excluding carboxylic acids is 3. The molecule has 0 aromatic heterocycles. The zero-order valence-electron chi connectivity index (χ0n) is 17.0. The summed E-state index contributed by atoms with van der Waals surface area (Å²) >= 11 is 9.43. The zero-order chi connectivity index (χ0) is 24.4. The highest BCUT2D eigenvalue weighted by Gasteiger charge is 2.38. The fraction of sp³-hybridized carbons (Fsp3) is 0. The maximum atomic E-state index is 12.8. The van der Waals surface area contributed by atoms with Crippen LogP contribution in [0.1, 0.15) is 10.4 Å². The third kappa shape index (κ3) is 4.68. The second-order valence-corrected chi connectivity index (χ2v) is 8.25. The number of hydrogen-bond acceptors (Lipinski definition) is 7. The fourth-order valence-electron chi connectivity index (χ4n) is 3.07. The zero-order valence-corrected chi connectivity index (χ0v) is 19.4. The fourth-order valence-corrected chi connectivity index (χ4v) is 3.55. The van der Waals surface area contributed by atoms with E-state index in [-0.39, 0.29) is 27.7 Å². The van der Waals surface area contributed by atoms with E-state index in [1.165, 1.54) is 48.5 Å². The molecule has 0 atom stereocenters. The minimum Gasteiger partial charge on any atom is -0.423 e.